The number of carbonyl (C=O) groups is 1. The third-order valence-corrected chi connectivity index (χ3v) is 5.24. The summed E-state index contributed by atoms with van der Waals surface area (Å²) in [7, 11) is 0. The Morgan fingerprint density at radius 3 is 2.38 bits per heavy atom. The van der Waals surface area contributed by atoms with Gasteiger partial charge in [0.25, 0.3) is 5.91 Å². The Hall–Kier alpha value is -3.01. The van der Waals surface area contributed by atoms with Crippen LogP contribution in [-0.4, -0.2) is 10.5 Å². The zero-order valence-corrected chi connectivity index (χ0v) is 17.7. The van der Waals surface area contributed by atoms with E-state index in [4.69, 9.17) is 10.5 Å². The molecule has 0 aliphatic rings. The van der Waals surface area contributed by atoms with Crippen LogP contribution in [0.4, 0.5) is 0 Å². The summed E-state index contributed by atoms with van der Waals surface area (Å²) < 4.78 is 8.27. The largest absolute Gasteiger partial charge is 0.457 e. The molecule has 0 fully saturated rings. The Labute approximate surface area is 173 Å². The van der Waals surface area contributed by atoms with Crippen LogP contribution in [0.1, 0.15) is 48.9 Å². The lowest BCUT2D eigenvalue weighted by molar-refractivity contribution is 0.1000. The topological polar surface area (TPSA) is 57.2 Å². The van der Waals surface area contributed by atoms with Gasteiger partial charge in [-0.05, 0) is 55.5 Å². The van der Waals surface area contributed by atoms with Gasteiger partial charge >= 0.3 is 0 Å². The quantitative estimate of drug-likeness (QED) is 0.516. The maximum atomic E-state index is 12.4. The van der Waals surface area contributed by atoms with E-state index in [0.29, 0.717) is 11.5 Å². The molecule has 2 N–H and O–H groups in total. The Bertz CT molecular complexity index is 988. The smallest absolute Gasteiger partial charge is 0.251 e. The fourth-order valence-corrected chi connectivity index (χ4v) is 3.81. The molecule has 0 bridgehead atoms. The highest BCUT2D eigenvalue weighted by atomic mass is 16.5. The van der Waals surface area contributed by atoms with Gasteiger partial charge in [-0.3, -0.25) is 4.79 Å². The summed E-state index contributed by atoms with van der Waals surface area (Å²) in [5.41, 5.74) is 10.4. The van der Waals surface area contributed by atoms with Crippen molar-refractivity contribution in [3.63, 3.8) is 0 Å². The van der Waals surface area contributed by atoms with E-state index in [2.05, 4.69) is 25.3 Å². The van der Waals surface area contributed by atoms with E-state index in [9.17, 15) is 4.79 Å². The fraction of sp³-hybridized carbons (Fsp3) is 0.320. The van der Waals surface area contributed by atoms with Gasteiger partial charge in [0.2, 0.25) is 0 Å². The van der Waals surface area contributed by atoms with Crippen LogP contribution >= 0.6 is 0 Å². The van der Waals surface area contributed by atoms with Crippen molar-refractivity contribution in [3.8, 4) is 22.6 Å². The molecule has 4 nitrogen and oxygen atoms in total. The van der Waals surface area contributed by atoms with Gasteiger partial charge in [0.05, 0.1) is 5.56 Å². The molecule has 1 amide bonds. The Balaban J connectivity index is 2.08. The summed E-state index contributed by atoms with van der Waals surface area (Å²) in [4.78, 5) is 12.4. The number of nitrogens with zero attached hydrogens (tertiary/aromatic N) is 1. The van der Waals surface area contributed by atoms with Crippen LogP contribution < -0.4 is 10.5 Å². The van der Waals surface area contributed by atoms with Crippen molar-refractivity contribution in [2.45, 2.75) is 47.1 Å². The van der Waals surface area contributed by atoms with Gasteiger partial charge in [0.1, 0.15) is 11.5 Å². The first-order valence-electron chi connectivity index (χ1n) is 10.3. The van der Waals surface area contributed by atoms with Crippen LogP contribution in [0, 0.1) is 12.8 Å². The van der Waals surface area contributed by atoms with Gasteiger partial charge in [0, 0.05) is 23.5 Å². The molecule has 152 valence electrons. The number of ether oxygens (including phenoxy) is 1. The van der Waals surface area contributed by atoms with Crippen LogP contribution in [-0.2, 0) is 13.0 Å². The Morgan fingerprint density at radius 2 is 1.76 bits per heavy atom. The van der Waals surface area contributed by atoms with Crippen molar-refractivity contribution in [2.75, 3.05) is 0 Å². The first-order valence-corrected chi connectivity index (χ1v) is 10.3. The van der Waals surface area contributed by atoms with E-state index in [1.54, 1.807) is 0 Å². The zero-order chi connectivity index (χ0) is 21.0. The molecule has 0 unspecified atom stereocenters. The van der Waals surface area contributed by atoms with Crippen molar-refractivity contribution in [3.05, 3.63) is 71.5 Å². The summed E-state index contributed by atoms with van der Waals surface area (Å²) >= 11 is 0. The number of nitrogens with two attached hydrogens (primary N) is 1. The highest BCUT2D eigenvalue weighted by Gasteiger charge is 2.24. The number of carbonyl (C=O) groups excluding carboxylic acids is 1. The van der Waals surface area contributed by atoms with Crippen molar-refractivity contribution in [2.24, 2.45) is 11.7 Å². The molecule has 3 rings (SSSR count). The van der Waals surface area contributed by atoms with Gasteiger partial charge in [-0.15, -0.1) is 0 Å². The monoisotopic (exact) mass is 390 g/mol. The van der Waals surface area contributed by atoms with Gasteiger partial charge in [-0.25, -0.2) is 0 Å². The number of aromatic nitrogens is 1. The molecule has 1 heterocycles. The summed E-state index contributed by atoms with van der Waals surface area (Å²) in [5, 5.41) is 0. The third-order valence-electron chi connectivity index (χ3n) is 5.24. The molecule has 1 aromatic heterocycles. The number of benzene rings is 2. The Kier molecular flexibility index (Phi) is 6.42. The highest BCUT2D eigenvalue weighted by Crippen LogP contribution is 2.36. The predicted molar refractivity (Wildman–Crippen MR) is 118 cm³/mol. The van der Waals surface area contributed by atoms with Crippen molar-refractivity contribution >= 4 is 5.91 Å². The molecule has 3 aromatic rings. The van der Waals surface area contributed by atoms with Crippen LogP contribution in [0.3, 0.4) is 0 Å². The molecule has 0 saturated heterocycles. The van der Waals surface area contributed by atoms with Crippen molar-refractivity contribution < 1.29 is 9.53 Å². The van der Waals surface area contributed by atoms with Crippen LogP contribution in [0.15, 0.2) is 54.6 Å². The second kappa shape index (κ2) is 8.99. The van der Waals surface area contributed by atoms with Crippen molar-refractivity contribution in [1.29, 1.82) is 0 Å². The number of hydrogen-bond donors (Lipinski definition) is 1. The molecule has 0 saturated carbocycles. The number of primary amides is 1. The molecule has 2 aromatic carbocycles. The summed E-state index contributed by atoms with van der Waals surface area (Å²) in [6.45, 7) is 9.43. The maximum absolute atomic E-state index is 12.4. The fourth-order valence-electron chi connectivity index (χ4n) is 3.81. The molecule has 0 radical (unpaired) electrons. The van der Waals surface area contributed by atoms with Gasteiger partial charge in [0.15, 0.2) is 0 Å². The van der Waals surface area contributed by atoms with Crippen LogP contribution in [0.2, 0.25) is 0 Å². The minimum absolute atomic E-state index is 0.384. The Morgan fingerprint density at radius 1 is 1.07 bits per heavy atom. The average molecular weight is 391 g/mol. The molecule has 0 aliphatic carbocycles. The minimum atomic E-state index is -0.384. The normalized spacial score (nSPS) is 11.1. The van der Waals surface area contributed by atoms with E-state index < -0.39 is 0 Å². The van der Waals surface area contributed by atoms with Gasteiger partial charge in [-0.1, -0.05) is 51.1 Å². The van der Waals surface area contributed by atoms with E-state index in [0.717, 1.165) is 53.4 Å². The van der Waals surface area contributed by atoms with E-state index in [-0.39, 0.29) is 5.91 Å². The lowest BCUT2D eigenvalue weighted by Gasteiger charge is -2.13. The van der Waals surface area contributed by atoms with Crippen LogP contribution in [0.5, 0.6) is 11.5 Å². The second-order valence-corrected chi connectivity index (χ2v) is 7.78. The van der Waals surface area contributed by atoms with Gasteiger partial charge < -0.3 is 15.0 Å². The molecule has 4 heteroatoms. The molecule has 0 spiro atoms. The SMILES string of the molecule is CCc1c(-c2cccc(Oc3ccccc3)c2)c(C(N)=O)c(C)n1CCC(C)C. The molecular formula is C25H30N2O2. The van der Waals surface area contributed by atoms with E-state index >= 15 is 0 Å². The molecular weight excluding hydrogens is 360 g/mol. The third kappa shape index (κ3) is 4.53. The number of rotatable bonds is 8. The number of para-hydroxylation sites is 1. The lowest BCUT2D eigenvalue weighted by atomic mass is 9.98. The predicted octanol–water partition coefficient (Wildman–Crippen LogP) is 5.96. The highest BCUT2D eigenvalue weighted by molar-refractivity contribution is 6.02. The number of amides is 1. The summed E-state index contributed by atoms with van der Waals surface area (Å²) in [6.07, 6.45) is 1.88. The average Bonchev–Trinajstić information content (AvgIpc) is 2.99. The number of hydrogen-bond acceptors (Lipinski definition) is 2. The lowest BCUT2D eigenvalue weighted by Crippen LogP contribution is -2.13. The summed E-state index contributed by atoms with van der Waals surface area (Å²) in [5.74, 6) is 1.72. The van der Waals surface area contributed by atoms with Gasteiger partial charge in [-0.2, -0.15) is 0 Å². The second-order valence-electron chi connectivity index (χ2n) is 7.78. The minimum Gasteiger partial charge on any atom is -0.457 e. The standard InChI is InChI=1S/C25H30N2O2/c1-5-22-24(23(25(26)28)18(4)27(22)15-14-17(2)3)19-10-9-13-21(16-19)29-20-11-7-6-8-12-20/h6-13,16-17H,5,14-15H2,1-4H3,(H2,26,28). The first kappa shape index (κ1) is 20.7. The van der Waals surface area contributed by atoms with Crippen LogP contribution in [0.25, 0.3) is 11.1 Å². The molecule has 0 atom stereocenters. The van der Waals surface area contributed by atoms with Crippen molar-refractivity contribution in [1.82, 2.24) is 4.57 Å². The molecule has 29 heavy (non-hydrogen) atoms. The van der Waals surface area contributed by atoms with E-state index in [1.165, 1.54) is 0 Å². The first-order chi connectivity index (χ1) is 13.9. The molecule has 0 aliphatic heterocycles. The maximum Gasteiger partial charge on any atom is 0.251 e. The van der Waals surface area contributed by atoms with E-state index in [1.807, 2.05) is 61.5 Å². The zero-order valence-electron chi connectivity index (χ0n) is 17.7. The summed E-state index contributed by atoms with van der Waals surface area (Å²) in [6, 6.07) is 17.6.